The molecule has 4 nitrogen and oxygen atoms in total. The molecule has 0 aromatic carbocycles. The first-order chi connectivity index (χ1) is 8.02. The summed E-state index contributed by atoms with van der Waals surface area (Å²) in [5, 5.41) is 7.46. The van der Waals surface area contributed by atoms with Crippen LogP contribution in [0, 0.1) is 16.7 Å². The molecule has 1 saturated heterocycles. The van der Waals surface area contributed by atoms with Crippen molar-refractivity contribution in [3.8, 4) is 0 Å². The maximum atomic E-state index is 7.46. The molecule has 0 atom stereocenters. The highest BCUT2D eigenvalue weighted by Crippen LogP contribution is 2.22. The number of hydrogen-bond donors (Lipinski definition) is 2. The van der Waals surface area contributed by atoms with Gasteiger partial charge in [-0.2, -0.15) is 0 Å². The fourth-order valence-corrected chi connectivity index (χ4v) is 1.91. The molecule has 0 amide bonds. The molecule has 0 bridgehead atoms. The fraction of sp³-hybridized carbons (Fsp3) is 0.923. The molecule has 0 spiro atoms. The lowest BCUT2D eigenvalue weighted by molar-refractivity contribution is 0.0191. The van der Waals surface area contributed by atoms with E-state index < -0.39 is 0 Å². The van der Waals surface area contributed by atoms with Gasteiger partial charge in [-0.05, 0) is 31.6 Å². The second-order valence-electron chi connectivity index (χ2n) is 5.53. The molecule has 1 heterocycles. The Balaban J connectivity index is 2.02. The van der Waals surface area contributed by atoms with Gasteiger partial charge in [-0.15, -0.1) is 0 Å². The molecule has 0 aliphatic carbocycles. The van der Waals surface area contributed by atoms with Crippen LogP contribution in [0.1, 0.15) is 39.5 Å². The molecule has 0 saturated carbocycles. The molecule has 17 heavy (non-hydrogen) atoms. The molecule has 0 aromatic rings. The van der Waals surface area contributed by atoms with Crippen molar-refractivity contribution < 1.29 is 9.47 Å². The maximum Gasteiger partial charge on any atom is 0.0963 e. The first kappa shape index (κ1) is 14.5. The lowest BCUT2D eigenvalue weighted by Gasteiger charge is -2.24. The van der Waals surface area contributed by atoms with E-state index in [1.165, 1.54) is 0 Å². The Kier molecular flexibility index (Phi) is 5.92. The molecule has 1 aliphatic heterocycles. The summed E-state index contributed by atoms with van der Waals surface area (Å²) in [7, 11) is 0. The third-order valence-electron chi connectivity index (χ3n) is 3.51. The van der Waals surface area contributed by atoms with Gasteiger partial charge in [0.1, 0.15) is 0 Å². The van der Waals surface area contributed by atoms with Gasteiger partial charge in [-0.25, -0.2) is 0 Å². The molecule has 3 N–H and O–H groups in total. The number of amidine groups is 1. The highest BCUT2D eigenvalue weighted by atomic mass is 16.5. The Labute approximate surface area is 104 Å². The minimum atomic E-state index is -0.192. The Morgan fingerprint density at radius 3 is 2.65 bits per heavy atom. The topological polar surface area (TPSA) is 68.3 Å². The van der Waals surface area contributed by atoms with Crippen LogP contribution in [-0.4, -0.2) is 32.3 Å². The Morgan fingerprint density at radius 2 is 2.06 bits per heavy atom. The van der Waals surface area contributed by atoms with E-state index in [0.717, 1.165) is 52.1 Å². The lowest BCUT2D eigenvalue weighted by atomic mass is 9.87. The quantitative estimate of drug-likeness (QED) is 0.408. The van der Waals surface area contributed by atoms with Crippen molar-refractivity contribution in [3.63, 3.8) is 0 Å². The number of rotatable bonds is 7. The molecule has 100 valence electrons. The van der Waals surface area contributed by atoms with E-state index >= 15 is 0 Å². The van der Waals surface area contributed by atoms with E-state index in [0.29, 0.717) is 5.92 Å². The summed E-state index contributed by atoms with van der Waals surface area (Å²) in [4.78, 5) is 0. The molecule has 0 unspecified atom stereocenters. The van der Waals surface area contributed by atoms with Crippen molar-refractivity contribution in [2.24, 2.45) is 17.1 Å². The summed E-state index contributed by atoms with van der Waals surface area (Å²) >= 11 is 0. The zero-order chi connectivity index (χ0) is 12.7. The van der Waals surface area contributed by atoms with Gasteiger partial charge in [0, 0.05) is 31.8 Å². The van der Waals surface area contributed by atoms with Crippen molar-refractivity contribution >= 4 is 5.84 Å². The lowest BCUT2D eigenvalue weighted by Crippen LogP contribution is -2.31. The van der Waals surface area contributed by atoms with Crippen LogP contribution in [0.15, 0.2) is 0 Å². The summed E-state index contributed by atoms with van der Waals surface area (Å²) in [6.07, 6.45) is 4.13. The Hall–Kier alpha value is -0.610. The summed E-state index contributed by atoms with van der Waals surface area (Å²) in [6.45, 7) is 7.40. The molecule has 4 heteroatoms. The largest absolute Gasteiger partial charge is 0.387 e. The van der Waals surface area contributed by atoms with E-state index in [4.69, 9.17) is 20.6 Å². The standard InChI is InChI=1S/C13H26N2O2/c1-13(2,12(14)15)6-3-7-17-10-11-4-8-16-9-5-11/h11H,3-10H2,1-2H3,(H3,14,15). The van der Waals surface area contributed by atoms with Gasteiger partial charge in [0.2, 0.25) is 0 Å². The van der Waals surface area contributed by atoms with Crippen LogP contribution in [-0.2, 0) is 9.47 Å². The van der Waals surface area contributed by atoms with E-state index in [9.17, 15) is 0 Å². The van der Waals surface area contributed by atoms with Gasteiger partial charge < -0.3 is 15.2 Å². The summed E-state index contributed by atoms with van der Waals surface area (Å²) in [6, 6.07) is 0. The number of nitrogens with two attached hydrogens (primary N) is 1. The second kappa shape index (κ2) is 6.97. The molecular weight excluding hydrogens is 216 g/mol. The number of ether oxygens (including phenoxy) is 2. The predicted molar refractivity (Wildman–Crippen MR) is 69.3 cm³/mol. The van der Waals surface area contributed by atoms with E-state index in [1.54, 1.807) is 0 Å². The molecule has 1 aliphatic rings. The summed E-state index contributed by atoms with van der Waals surface area (Å²) in [5.74, 6) is 0.937. The van der Waals surface area contributed by atoms with Crippen molar-refractivity contribution in [2.45, 2.75) is 39.5 Å². The summed E-state index contributed by atoms with van der Waals surface area (Å²) < 4.78 is 11.0. The third kappa shape index (κ3) is 5.50. The molecule has 0 radical (unpaired) electrons. The van der Waals surface area contributed by atoms with Gasteiger partial charge in [0.25, 0.3) is 0 Å². The Bertz CT molecular complexity index is 236. The molecule has 0 aromatic heterocycles. The van der Waals surface area contributed by atoms with Gasteiger partial charge >= 0.3 is 0 Å². The van der Waals surface area contributed by atoms with Gasteiger partial charge in [-0.1, -0.05) is 13.8 Å². The minimum absolute atomic E-state index is 0.192. The van der Waals surface area contributed by atoms with Crippen molar-refractivity contribution in [2.75, 3.05) is 26.4 Å². The van der Waals surface area contributed by atoms with Crippen molar-refractivity contribution in [1.29, 1.82) is 5.41 Å². The average Bonchev–Trinajstić information content (AvgIpc) is 2.29. The zero-order valence-electron chi connectivity index (χ0n) is 11.1. The SMILES string of the molecule is CC(C)(CCCOCC1CCOCC1)C(=N)N. The highest BCUT2D eigenvalue weighted by molar-refractivity contribution is 5.82. The van der Waals surface area contributed by atoms with E-state index in [-0.39, 0.29) is 11.3 Å². The smallest absolute Gasteiger partial charge is 0.0963 e. The third-order valence-corrected chi connectivity index (χ3v) is 3.51. The minimum Gasteiger partial charge on any atom is -0.387 e. The van der Waals surface area contributed by atoms with Crippen LogP contribution in [0.4, 0.5) is 0 Å². The molecular formula is C13H26N2O2. The monoisotopic (exact) mass is 242 g/mol. The normalized spacial score (nSPS) is 18.2. The first-order valence-electron chi connectivity index (χ1n) is 6.52. The van der Waals surface area contributed by atoms with E-state index in [1.807, 2.05) is 13.8 Å². The van der Waals surface area contributed by atoms with Gasteiger partial charge in [0.05, 0.1) is 5.84 Å². The van der Waals surface area contributed by atoms with Crippen LogP contribution >= 0.6 is 0 Å². The van der Waals surface area contributed by atoms with Gasteiger partial charge in [-0.3, -0.25) is 5.41 Å². The van der Waals surface area contributed by atoms with Crippen LogP contribution in [0.5, 0.6) is 0 Å². The molecule has 1 rings (SSSR count). The highest BCUT2D eigenvalue weighted by Gasteiger charge is 2.21. The summed E-state index contributed by atoms with van der Waals surface area (Å²) in [5.41, 5.74) is 5.34. The molecule has 1 fully saturated rings. The maximum absolute atomic E-state index is 7.46. The van der Waals surface area contributed by atoms with E-state index in [2.05, 4.69) is 0 Å². The zero-order valence-corrected chi connectivity index (χ0v) is 11.1. The van der Waals surface area contributed by atoms with Crippen molar-refractivity contribution in [3.05, 3.63) is 0 Å². The second-order valence-corrected chi connectivity index (χ2v) is 5.53. The van der Waals surface area contributed by atoms with Crippen LogP contribution in [0.25, 0.3) is 0 Å². The van der Waals surface area contributed by atoms with Crippen LogP contribution in [0.3, 0.4) is 0 Å². The number of hydrogen-bond acceptors (Lipinski definition) is 3. The Morgan fingerprint density at radius 1 is 1.41 bits per heavy atom. The van der Waals surface area contributed by atoms with Crippen LogP contribution in [0.2, 0.25) is 0 Å². The average molecular weight is 242 g/mol. The van der Waals surface area contributed by atoms with Crippen molar-refractivity contribution in [1.82, 2.24) is 0 Å². The van der Waals surface area contributed by atoms with Crippen LogP contribution < -0.4 is 5.73 Å². The fourth-order valence-electron chi connectivity index (χ4n) is 1.91. The van der Waals surface area contributed by atoms with Gasteiger partial charge in [0.15, 0.2) is 0 Å². The predicted octanol–water partition coefficient (Wildman–Crippen LogP) is 2.17. The first-order valence-corrected chi connectivity index (χ1v) is 6.52. The number of nitrogens with one attached hydrogen (secondary N) is 1.